The van der Waals surface area contributed by atoms with Crippen LogP contribution in [0.4, 0.5) is 0 Å². The summed E-state index contributed by atoms with van der Waals surface area (Å²) in [4.78, 5) is 15.1. The van der Waals surface area contributed by atoms with Gasteiger partial charge in [0.25, 0.3) is 0 Å². The van der Waals surface area contributed by atoms with E-state index < -0.39 is 0 Å². The molecule has 1 aromatic rings. The molecule has 1 aliphatic rings. The summed E-state index contributed by atoms with van der Waals surface area (Å²) >= 11 is 0. The molecule has 0 aromatic heterocycles. The Morgan fingerprint density at radius 3 is 2.25 bits per heavy atom. The molecule has 0 saturated carbocycles. The van der Waals surface area contributed by atoms with E-state index in [1.54, 1.807) is 0 Å². The van der Waals surface area contributed by atoms with Crippen LogP contribution in [0.5, 0.6) is 0 Å². The van der Waals surface area contributed by atoms with Gasteiger partial charge in [-0.05, 0) is 55.8 Å². The molecule has 0 unspecified atom stereocenters. The fourth-order valence-corrected chi connectivity index (χ4v) is 3.77. The first kappa shape index (κ1) is 19.0. The second-order valence-electron chi connectivity index (χ2n) is 8.00. The van der Waals surface area contributed by atoms with E-state index in [4.69, 9.17) is 0 Å². The third-order valence-electron chi connectivity index (χ3n) is 5.36. The van der Waals surface area contributed by atoms with Crippen LogP contribution in [-0.4, -0.2) is 29.9 Å². The largest absolute Gasteiger partial charge is 0.353 e. The highest BCUT2D eigenvalue weighted by Gasteiger charge is 2.28. The Balaban J connectivity index is 1.84. The second kappa shape index (κ2) is 8.66. The Morgan fingerprint density at radius 1 is 1.12 bits per heavy atom. The van der Waals surface area contributed by atoms with Gasteiger partial charge >= 0.3 is 0 Å². The van der Waals surface area contributed by atoms with Gasteiger partial charge in [-0.25, -0.2) is 0 Å². The van der Waals surface area contributed by atoms with Gasteiger partial charge in [0, 0.05) is 18.5 Å². The molecular formula is C21H34N2O. The third-order valence-corrected chi connectivity index (χ3v) is 5.36. The molecular weight excluding hydrogens is 296 g/mol. The van der Waals surface area contributed by atoms with E-state index in [0.717, 1.165) is 32.5 Å². The van der Waals surface area contributed by atoms with Crippen molar-refractivity contribution in [2.45, 2.75) is 60.0 Å². The molecule has 1 aliphatic heterocycles. The Kier molecular flexibility index (Phi) is 6.85. The maximum atomic E-state index is 12.6. The molecule has 0 aliphatic carbocycles. The molecule has 1 amide bonds. The summed E-state index contributed by atoms with van der Waals surface area (Å²) in [5.74, 6) is 1.40. The Morgan fingerprint density at radius 2 is 1.71 bits per heavy atom. The quantitative estimate of drug-likeness (QED) is 0.855. The smallest absolute Gasteiger partial charge is 0.223 e. The van der Waals surface area contributed by atoms with Gasteiger partial charge < -0.3 is 5.32 Å². The van der Waals surface area contributed by atoms with Gasteiger partial charge in [-0.3, -0.25) is 9.69 Å². The number of nitrogens with one attached hydrogen (secondary N) is 1. The maximum absolute atomic E-state index is 12.6. The summed E-state index contributed by atoms with van der Waals surface area (Å²) < 4.78 is 0. The lowest BCUT2D eigenvalue weighted by Gasteiger charge is -2.34. The van der Waals surface area contributed by atoms with Crippen LogP contribution in [0.25, 0.3) is 0 Å². The van der Waals surface area contributed by atoms with Crippen molar-refractivity contribution in [1.82, 2.24) is 10.2 Å². The van der Waals surface area contributed by atoms with E-state index >= 15 is 0 Å². The van der Waals surface area contributed by atoms with Crippen molar-refractivity contribution >= 4 is 5.91 Å². The number of carbonyl (C=O) groups is 1. The highest BCUT2D eigenvalue weighted by atomic mass is 16.2. The lowest BCUT2D eigenvalue weighted by atomic mass is 9.90. The highest BCUT2D eigenvalue weighted by molar-refractivity contribution is 5.79. The summed E-state index contributed by atoms with van der Waals surface area (Å²) in [5, 5.41) is 3.30. The zero-order valence-corrected chi connectivity index (χ0v) is 16.0. The van der Waals surface area contributed by atoms with Crippen molar-refractivity contribution < 1.29 is 4.79 Å². The Bertz CT molecular complexity index is 522. The van der Waals surface area contributed by atoms with Crippen LogP contribution in [0.3, 0.4) is 0 Å². The SMILES string of the molecule is Cc1ccccc1CN1CCC(C(=O)NC(C(C)C)C(C)C)CC1. The van der Waals surface area contributed by atoms with Gasteiger partial charge in [-0.1, -0.05) is 52.0 Å². The number of hydrogen-bond acceptors (Lipinski definition) is 2. The van der Waals surface area contributed by atoms with Crippen LogP contribution in [0, 0.1) is 24.7 Å². The van der Waals surface area contributed by atoms with E-state index in [1.165, 1.54) is 11.1 Å². The number of carbonyl (C=O) groups excluding carboxylic acids is 1. The summed E-state index contributed by atoms with van der Waals surface area (Å²) in [6.07, 6.45) is 1.95. The molecule has 3 nitrogen and oxygen atoms in total. The fourth-order valence-electron chi connectivity index (χ4n) is 3.77. The first-order valence-corrected chi connectivity index (χ1v) is 9.45. The summed E-state index contributed by atoms with van der Waals surface area (Å²) in [6.45, 7) is 14.0. The van der Waals surface area contributed by atoms with Crippen LogP contribution < -0.4 is 5.32 Å². The number of aryl methyl sites for hydroxylation is 1. The monoisotopic (exact) mass is 330 g/mol. The van der Waals surface area contributed by atoms with E-state index in [9.17, 15) is 4.79 Å². The van der Waals surface area contributed by atoms with Gasteiger partial charge in [0.15, 0.2) is 0 Å². The average Bonchev–Trinajstić information content (AvgIpc) is 2.54. The van der Waals surface area contributed by atoms with Crippen LogP contribution in [0.1, 0.15) is 51.7 Å². The molecule has 1 fully saturated rings. The molecule has 0 atom stereocenters. The predicted octanol–water partition coefficient (Wildman–Crippen LogP) is 4.00. The summed E-state index contributed by atoms with van der Waals surface area (Å²) in [7, 11) is 0. The second-order valence-corrected chi connectivity index (χ2v) is 8.00. The topological polar surface area (TPSA) is 32.3 Å². The molecule has 1 heterocycles. The molecule has 0 radical (unpaired) electrons. The van der Waals surface area contributed by atoms with E-state index in [0.29, 0.717) is 11.8 Å². The number of hydrogen-bond donors (Lipinski definition) is 1. The number of likely N-dealkylation sites (tertiary alicyclic amines) is 1. The lowest BCUT2D eigenvalue weighted by Crippen LogP contribution is -2.47. The van der Waals surface area contributed by atoms with Crippen LogP contribution in [0.2, 0.25) is 0 Å². The Hall–Kier alpha value is -1.35. The van der Waals surface area contributed by atoms with Crippen molar-refractivity contribution in [1.29, 1.82) is 0 Å². The molecule has 134 valence electrons. The number of benzene rings is 1. The molecule has 24 heavy (non-hydrogen) atoms. The Labute approximate surface area is 147 Å². The van der Waals surface area contributed by atoms with Crippen molar-refractivity contribution in [3.05, 3.63) is 35.4 Å². The summed E-state index contributed by atoms with van der Waals surface area (Å²) in [6, 6.07) is 8.87. The summed E-state index contributed by atoms with van der Waals surface area (Å²) in [5.41, 5.74) is 2.76. The molecule has 2 rings (SSSR count). The first-order valence-electron chi connectivity index (χ1n) is 9.45. The van der Waals surface area contributed by atoms with Gasteiger partial charge in [0.05, 0.1) is 0 Å². The minimum atomic E-state index is 0.179. The van der Waals surface area contributed by atoms with Gasteiger partial charge in [0.2, 0.25) is 5.91 Å². The van der Waals surface area contributed by atoms with Gasteiger partial charge in [-0.2, -0.15) is 0 Å². The molecule has 1 N–H and O–H groups in total. The van der Waals surface area contributed by atoms with Crippen LogP contribution >= 0.6 is 0 Å². The van der Waals surface area contributed by atoms with E-state index in [1.807, 2.05) is 0 Å². The number of rotatable bonds is 6. The normalized spacial score (nSPS) is 17.0. The molecule has 1 aromatic carbocycles. The van der Waals surface area contributed by atoms with E-state index in [2.05, 4.69) is 69.1 Å². The number of piperidine rings is 1. The van der Waals surface area contributed by atoms with E-state index in [-0.39, 0.29) is 17.9 Å². The average molecular weight is 331 g/mol. The minimum Gasteiger partial charge on any atom is -0.353 e. The van der Waals surface area contributed by atoms with Crippen LogP contribution in [0.15, 0.2) is 24.3 Å². The maximum Gasteiger partial charge on any atom is 0.223 e. The van der Waals surface area contributed by atoms with Crippen molar-refractivity contribution in [2.75, 3.05) is 13.1 Å². The first-order chi connectivity index (χ1) is 11.4. The van der Waals surface area contributed by atoms with Gasteiger partial charge in [0.1, 0.15) is 0 Å². The standard InChI is InChI=1S/C21H34N2O/c1-15(2)20(16(3)4)22-21(24)18-10-12-23(13-11-18)14-19-9-7-6-8-17(19)5/h6-9,15-16,18,20H,10-14H2,1-5H3,(H,22,24). The van der Waals surface area contributed by atoms with Crippen molar-refractivity contribution in [3.63, 3.8) is 0 Å². The lowest BCUT2D eigenvalue weighted by molar-refractivity contribution is -0.127. The molecule has 3 heteroatoms. The molecule has 0 bridgehead atoms. The van der Waals surface area contributed by atoms with Crippen molar-refractivity contribution in [2.24, 2.45) is 17.8 Å². The zero-order valence-electron chi connectivity index (χ0n) is 16.0. The minimum absolute atomic E-state index is 0.179. The molecule has 1 saturated heterocycles. The van der Waals surface area contributed by atoms with Crippen molar-refractivity contribution in [3.8, 4) is 0 Å². The number of amides is 1. The van der Waals surface area contributed by atoms with Crippen LogP contribution in [-0.2, 0) is 11.3 Å². The van der Waals surface area contributed by atoms with Gasteiger partial charge in [-0.15, -0.1) is 0 Å². The number of nitrogens with zero attached hydrogens (tertiary/aromatic N) is 1. The molecule has 0 spiro atoms. The fraction of sp³-hybridized carbons (Fsp3) is 0.667. The highest BCUT2D eigenvalue weighted by Crippen LogP contribution is 2.21. The third kappa shape index (κ3) is 5.07. The predicted molar refractivity (Wildman–Crippen MR) is 101 cm³/mol. The zero-order chi connectivity index (χ0) is 17.7.